The summed E-state index contributed by atoms with van der Waals surface area (Å²) in [4.78, 5) is 27.8. The van der Waals surface area contributed by atoms with Crippen molar-refractivity contribution in [2.24, 2.45) is 0 Å². The molecule has 3 rings (SSSR count). The summed E-state index contributed by atoms with van der Waals surface area (Å²) in [5, 5.41) is 5.30. The number of carbonyl (C=O) groups excluding carboxylic acids is 2. The van der Waals surface area contributed by atoms with Gasteiger partial charge in [-0.1, -0.05) is 18.2 Å². The highest BCUT2D eigenvalue weighted by molar-refractivity contribution is 6.10. The van der Waals surface area contributed by atoms with E-state index in [-0.39, 0.29) is 18.4 Å². The molecule has 0 aliphatic carbocycles. The maximum atomic E-state index is 12.7. The van der Waals surface area contributed by atoms with Gasteiger partial charge in [-0.15, -0.1) is 0 Å². The summed E-state index contributed by atoms with van der Waals surface area (Å²) in [5.74, 6) is -0.163. The molecule has 0 aliphatic heterocycles. The van der Waals surface area contributed by atoms with E-state index in [9.17, 15) is 9.59 Å². The van der Waals surface area contributed by atoms with Crippen LogP contribution >= 0.6 is 0 Å². The smallest absolute Gasteiger partial charge is 0.241 e. The second kappa shape index (κ2) is 8.02. The number of likely N-dealkylation sites (N-methyl/N-ethyl adjacent to an activating group) is 2. The molecule has 0 radical (unpaired) electrons. The second-order valence-electron chi connectivity index (χ2n) is 7.36. The molecule has 2 amide bonds. The van der Waals surface area contributed by atoms with Crippen LogP contribution in [0.3, 0.4) is 0 Å². The normalized spacial score (nSPS) is 12.5. The zero-order chi connectivity index (χ0) is 20.4. The minimum Gasteiger partial charge on any atom is -0.348 e. The van der Waals surface area contributed by atoms with Gasteiger partial charge in [-0.25, -0.2) is 0 Å². The van der Waals surface area contributed by atoms with E-state index in [2.05, 4.69) is 35.0 Å². The number of nitrogens with one attached hydrogen (secondary N) is 1. The molecule has 0 spiro atoms. The standard InChI is InChI=1S/C22H28N4O2/c1-6-26-19-10-8-7-9-17(19)18-13-16(11-12-20(18)26)23-22(28)15(2)25(5)14-21(27)24(3)4/h7-13,15H,6,14H2,1-5H3,(H,23,28)/t15-/m0/s1. The highest BCUT2D eigenvalue weighted by Gasteiger charge is 2.21. The average Bonchev–Trinajstić information content (AvgIpc) is 3.00. The third-order valence-electron chi connectivity index (χ3n) is 5.28. The predicted octanol–water partition coefficient (Wildman–Crippen LogP) is 3.16. The Morgan fingerprint density at radius 1 is 1.04 bits per heavy atom. The number of rotatable bonds is 6. The lowest BCUT2D eigenvalue weighted by molar-refractivity contribution is -0.131. The van der Waals surface area contributed by atoms with Gasteiger partial charge in [0.05, 0.1) is 12.6 Å². The predicted molar refractivity (Wildman–Crippen MR) is 115 cm³/mol. The third kappa shape index (κ3) is 3.73. The first-order valence-corrected chi connectivity index (χ1v) is 9.55. The molecule has 0 saturated carbocycles. The molecule has 6 heteroatoms. The van der Waals surface area contributed by atoms with Gasteiger partial charge >= 0.3 is 0 Å². The molecule has 0 bridgehead atoms. The second-order valence-corrected chi connectivity index (χ2v) is 7.36. The van der Waals surface area contributed by atoms with Gasteiger partial charge < -0.3 is 14.8 Å². The Bertz CT molecular complexity index is 1020. The van der Waals surface area contributed by atoms with Crippen molar-refractivity contribution in [1.29, 1.82) is 0 Å². The quantitative estimate of drug-likeness (QED) is 0.715. The number of hydrogen-bond donors (Lipinski definition) is 1. The van der Waals surface area contributed by atoms with Crippen LogP contribution in [0.1, 0.15) is 13.8 Å². The van der Waals surface area contributed by atoms with E-state index in [0.29, 0.717) is 0 Å². The van der Waals surface area contributed by atoms with Crippen molar-refractivity contribution >= 4 is 39.3 Å². The molecule has 1 aromatic heterocycles. The fourth-order valence-corrected chi connectivity index (χ4v) is 3.41. The fourth-order valence-electron chi connectivity index (χ4n) is 3.41. The lowest BCUT2D eigenvalue weighted by atomic mass is 10.1. The summed E-state index contributed by atoms with van der Waals surface area (Å²) in [6, 6.07) is 13.9. The van der Waals surface area contributed by atoms with Gasteiger partial charge in [-0.05, 0) is 45.2 Å². The first kappa shape index (κ1) is 19.9. The molecule has 3 aromatic rings. The molecule has 0 unspecified atom stereocenters. The van der Waals surface area contributed by atoms with Crippen molar-refractivity contribution in [1.82, 2.24) is 14.4 Å². The number of hydrogen-bond acceptors (Lipinski definition) is 3. The SMILES string of the molecule is CCn1c2ccccc2c2cc(NC(=O)[C@H](C)N(C)CC(=O)N(C)C)ccc21. The van der Waals surface area contributed by atoms with Gasteiger partial charge in [0.2, 0.25) is 11.8 Å². The largest absolute Gasteiger partial charge is 0.348 e. The minimum atomic E-state index is -0.420. The molecule has 1 heterocycles. The Hall–Kier alpha value is -2.86. The number of carbonyl (C=O) groups is 2. The van der Waals surface area contributed by atoms with Crippen LogP contribution < -0.4 is 5.32 Å². The molecule has 6 nitrogen and oxygen atoms in total. The third-order valence-corrected chi connectivity index (χ3v) is 5.28. The van der Waals surface area contributed by atoms with Crippen LogP contribution in [0.15, 0.2) is 42.5 Å². The van der Waals surface area contributed by atoms with Crippen molar-refractivity contribution < 1.29 is 9.59 Å². The zero-order valence-electron chi connectivity index (χ0n) is 17.2. The number of aromatic nitrogens is 1. The first-order valence-electron chi connectivity index (χ1n) is 9.55. The summed E-state index contributed by atoms with van der Waals surface area (Å²) in [6.45, 7) is 5.02. The zero-order valence-corrected chi connectivity index (χ0v) is 17.2. The van der Waals surface area contributed by atoms with Gasteiger partial charge in [0.25, 0.3) is 0 Å². The summed E-state index contributed by atoms with van der Waals surface area (Å²) >= 11 is 0. The molecule has 0 aliphatic rings. The van der Waals surface area contributed by atoms with Crippen LogP contribution in [0.25, 0.3) is 21.8 Å². The van der Waals surface area contributed by atoms with Gasteiger partial charge in [0.15, 0.2) is 0 Å². The van der Waals surface area contributed by atoms with Crippen molar-refractivity contribution in [2.75, 3.05) is 33.0 Å². The fraction of sp³-hybridized carbons (Fsp3) is 0.364. The minimum absolute atomic E-state index is 0.0315. The van der Waals surface area contributed by atoms with Crippen molar-refractivity contribution in [3.63, 3.8) is 0 Å². The van der Waals surface area contributed by atoms with Crippen LogP contribution in [0.5, 0.6) is 0 Å². The Morgan fingerprint density at radius 3 is 2.39 bits per heavy atom. The number of para-hydroxylation sites is 1. The van der Waals surface area contributed by atoms with Crippen LogP contribution in [-0.4, -0.2) is 59.9 Å². The van der Waals surface area contributed by atoms with E-state index in [4.69, 9.17) is 0 Å². The molecule has 148 valence electrons. The molecule has 2 aromatic carbocycles. The Morgan fingerprint density at radius 2 is 1.71 bits per heavy atom. The average molecular weight is 380 g/mol. The maximum Gasteiger partial charge on any atom is 0.241 e. The topological polar surface area (TPSA) is 57.6 Å². The molecule has 0 fully saturated rings. The summed E-state index contributed by atoms with van der Waals surface area (Å²) in [7, 11) is 5.20. The molecule has 0 saturated heterocycles. The number of aryl methyl sites for hydroxylation is 1. The first-order chi connectivity index (χ1) is 13.3. The molecular formula is C22H28N4O2. The number of nitrogens with zero attached hydrogens (tertiary/aromatic N) is 3. The van der Waals surface area contributed by atoms with E-state index in [1.54, 1.807) is 33.0 Å². The van der Waals surface area contributed by atoms with E-state index in [0.717, 1.165) is 23.1 Å². The Labute approximate surface area is 165 Å². The maximum absolute atomic E-state index is 12.7. The Kier molecular flexibility index (Phi) is 5.70. The molecule has 28 heavy (non-hydrogen) atoms. The van der Waals surface area contributed by atoms with Crippen molar-refractivity contribution in [3.8, 4) is 0 Å². The highest BCUT2D eigenvalue weighted by atomic mass is 16.2. The van der Waals surface area contributed by atoms with Crippen molar-refractivity contribution in [3.05, 3.63) is 42.5 Å². The number of benzene rings is 2. The highest BCUT2D eigenvalue weighted by Crippen LogP contribution is 2.31. The van der Waals surface area contributed by atoms with Gasteiger partial charge in [0.1, 0.15) is 0 Å². The number of amides is 2. The van der Waals surface area contributed by atoms with E-state index < -0.39 is 6.04 Å². The van der Waals surface area contributed by atoms with E-state index in [1.807, 2.05) is 24.3 Å². The molecule has 1 atom stereocenters. The van der Waals surface area contributed by atoms with Gasteiger partial charge in [-0.3, -0.25) is 14.5 Å². The number of anilines is 1. The lowest BCUT2D eigenvalue weighted by Gasteiger charge is -2.24. The Balaban J connectivity index is 1.83. The summed E-state index contributed by atoms with van der Waals surface area (Å²) < 4.78 is 2.28. The summed E-state index contributed by atoms with van der Waals surface area (Å²) in [5.41, 5.74) is 3.11. The van der Waals surface area contributed by atoms with E-state index >= 15 is 0 Å². The van der Waals surface area contributed by atoms with Crippen molar-refractivity contribution in [2.45, 2.75) is 26.4 Å². The van der Waals surface area contributed by atoms with Crippen LogP contribution in [0.4, 0.5) is 5.69 Å². The van der Waals surface area contributed by atoms with E-state index in [1.165, 1.54) is 15.8 Å². The summed E-state index contributed by atoms with van der Waals surface area (Å²) in [6.07, 6.45) is 0. The number of fused-ring (bicyclic) bond motifs is 3. The van der Waals surface area contributed by atoms with Crippen LogP contribution in [0, 0.1) is 0 Å². The van der Waals surface area contributed by atoms with Crippen LogP contribution in [-0.2, 0) is 16.1 Å². The van der Waals surface area contributed by atoms with Gasteiger partial charge in [-0.2, -0.15) is 0 Å². The monoisotopic (exact) mass is 380 g/mol. The lowest BCUT2D eigenvalue weighted by Crippen LogP contribution is -2.44. The van der Waals surface area contributed by atoms with Gasteiger partial charge in [0, 0.05) is 48.1 Å². The van der Waals surface area contributed by atoms with Crippen LogP contribution in [0.2, 0.25) is 0 Å². The molecule has 1 N–H and O–H groups in total. The molecular weight excluding hydrogens is 352 g/mol.